The number of H-pyrrole nitrogens is 1. The minimum Gasteiger partial charge on any atom is -0.368 e. The van der Waals surface area contributed by atoms with Gasteiger partial charge in [-0.05, 0) is 41.3 Å². The van der Waals surface area contributed by atoms with Crippen molar-refractivity contribution in [2.75, 3.05) is 31.1 Å². The average molecular weight is 472 g/mol. The van der Waals surface area contributed by atoms with E-state index in [-0.39, 0.29) is 11.8 Å². The number of aryl methyl sites for hydroxylation is 1. The van der Waals surface area contributed by atoms with Gasteiger partial charge in [0.15, 0.2) is 0 Å². The van der Waals surface area contributed by atoms with Crippen LogP contribution in [0.4, 0.5) is 5.69 Å². The molecule has 1 atom stereocenters. The lowest BCUT2D eigenvalue weighted by Crippen LogP contribution is -2.49. The SMILES string of the molecule is CCc1cccc2c(C(CC(=O)N3CCN(c4cccc(Cl)c4)CC3)c3ccccc3)c[nH]c12. The maximum absolute atomic E-state index is 13.5. The molecule has 1 N–H and O–H groups in total. The van der Waals surface area contributed by atoms with E-state index in [1.807, 2.05) is 29.2 Å². The van der Waals surface area contributed by atoms with Gasteiger partial charge >= 0.3 is 0 Å². The Morgan fingerprint density at radius 2 is 1.74 bits per heavy atom. The van der Waals surface area contributed by atoms with E-state index in [1.165, 1.54) is 27.6 Å². The minimum atomic E-state index is 0.0144. The highest BCUT2D eigenvalue weighted by Crippen LogP contribution is 2.35. The number of fused-ring (bicyclic) bond motifs is 1. The Morgan fingerprint density at radius 3 is 2.47 bits per heavy atom. The normalized spacial score (nSPS) is 15.0. The number of aromatic nitrogens is 1. The Bertz CT molecular complexity index is 1280. The molecule has 3 aromatic carbocycles. The Kier molecular flexibility index (Phi) is 6.59. The summed E-state index contributed by atoms with van der Waals surface area (Å²) in [6.45, 7) is 5.25. The van der Waals surface area contributed by atoms with Gasteiger partial charge < -0.3 is 14.8 Å². The predicted molar refractivity (Wildman–Crippen MR) is 141 cm³/mol. The number of anilines is 1. The van der Waals surface area contributed by atoms with E-state index in [2.05, 4.69) is 71.5 Å². The highest BCUT2D eigenvalue weighted by atomic mass is 35.5. The highest BCUT2D eigenvalue weighted by molar-refractivity contribution is 6.30. The number of nitrogens with one attached hydrogen (secondary N) is 1. The molecule has 34 heavy (non-hydrogen) atoms. The predicted octanol–water partition coefficient (Wildman–Crippen LogP) is 6.25. The fraction of sp³-hybridized carbons (Fsp3) is 0.276. The van der Waals surface area contributed by atoms with E-state index < -0.39 is 0 Å². The molecule has 4 aromatic rings. The molecule has 1 saturated heterocycles. The molecule has 0 radical (unpaired) electrons. The van der Waals surface area contributed by atoms with Crippen molar-refractivity contribution in [1.29, 1.82) is 0 Å². The van der Waals surface area contributed by atoms with Gasteiger partial charge in [-0.25, -0.2) is 0 Å². The third-order valence-electron chi connectivity index (χ3n) is 6.98. The van der Waals surface area contributed by atoms with E-state index in [4.69, 9.17) is 11.6 Å². The lowest BCUT2D eigenvalue weighted by atomic mass is 9.87. The molecular formula is C29H30ClN3O. The molecule has 1 amide bonds. The zero-order valence-electron chi connectivity index (χ0n) is 19.5. The van der Waals surface area contributed by atoms with Crippen molar-refractivity contribution in [3.05, 3.63) is 101 Å². The van der Waals surface area contributed by atoms with Crippen LogP contribution in [0.15, 0.2) is 79.0 Å². The minimum absolute atomic E-state index is 0.0144. The lowest BCUT2D eigenvalue weighted by Gasteiger charge is -2.36. The number of halogens is 1. The van der Waals surface area contributed by atoms with Crippen molar-refractivity contribution in [2.45, 2.75) is 25.7 Å². The van der Waals surface area contributed by atoms with E-state index in [9.17, 15) is 4.79 Å². The molecule has 1 aliphatic rings. The maximum Gasteiger partial charge on any atom is 0.223 e. The first-order chi connectivity index (χ1) is 16.6. The summed E-state index contributed by atoms with van der Waals surface area (Å²) in [5, 5.41) is 1.96. The van der Waals surface area contributed by atoms with Gasteiger partial charge in [0.05, 0.1) is 0 Å². The Labute approximate surface area is 206 Å². The number of rotatable bonds is 6. The number of nitrogens with zero attached hydrogens (tertiary/aromatic N) is 2. The monoisotopic (exact) mass is 471 g/mol. The topological polar surface area (TPSA) is 39.3 Å². The molecular weight excluding hydrogens is 442 g/mol. The van der Waals surface area contributed by atoms with Crippen molar-refractivity contribution in [1.82, 2.24) is 9.88 Å². The van der Waals surface area contributed by atoms with Gasteiger partial charge in [0.2, 0.25) is 5.91 Å². The number of benzene rings is 3. The Hall–Kier alpha value is -3.24. The molecule has 1 unspecified atom stereocenters. The summed E-state index contributed by atoms with van der Waals surface area (Å²) in [5.41, 5.74) is 5.98. The Balaban J connectivity index is 1.36. The number of hydrogen-bond acceptors (Lipinski definition) is 2. The fourth-order valence-corrected chi connectivity index (χ4v) is 5.29. The van der Waals surface area contributed by atoms with E-state index in [0.29, 0.717) is 6.42 Å². The van der Waals surface area contributed by atoms with E-state index in [1.54, 1.807) is 0 Å². The number of piperazine rings is 1. The summed E-state index contributed by atoms with van der Waals surface area (Å²) in [6, 6.07) is 24.8. The van der Waals surface area contributed by atoms with Gasteiger partial charge in [0.25, 0.3) is 0 Å². The molecule has 4 nitrogen and oxygen atoms in total. The summed E-state index contributed by atoms with van der Waals surface area (Å²) in [7, 11) is 0. The number of carbonyl (C=O) groups excluding carboxylic acids is 1. The van der Waals surface area contributed by atoms with Crippen LogP contribution < -0.4 is 4.90 Å². The van der Waals surface area contributed by atoms with Gasteiger partial charge in [-0.1, -0.05) is 73.1 Å². The van der Waals surface area contributed by atoms with Crippen LogP contribution in [0.5, 0.6) is 0 Å². The van der Waals surface area contributed by atoms with Crippen molar-refractivity contribution in [3.63, 3.8) is 0 Å². The smallest absolute Gasteiger partial charge is 0.223 e. The van der Waals surface area contributed by atoms with Crippen LogP contribution in [0.25, 0.3) is 10.9 Å². The first-order valence-electron chi connectivity index (χ1n) is 12.1. The van der Waals surface area contributed by atoms with E-state index >= 15 is 0 Å². The summed E-state index contributed by atoms with van der Waals surface area (Å²) in [4.78, 5) is 21.3. The van der Waals surface area contributed by atoms with Crippen molar-refractivity contribution >= 4 is 34.1 Å². The summed E-state index contributed by atoms with van der Waals surface area (Å²) in [6.07, 6.45) is 3.54. The van der Waals surface area contributed by atoms with Crippen LogP contribution in [0, 0.1) is 0 Å². The molecule has 5 heteroatoms. The molecule has 0 bridgehead atoms. The van der Waals surface area contributed by atoms with Gasteiger partial charge in [-0.15, -0.1) is 0 Å². The number of hydrogen-bond donors (Lipinski definition) is 1. The molecule has 2 heterocycles. The zero-order chi connectivity index (χ0) is 23.5. The molecule has 0 aliphatic carbocycles. The molecule has 0 spiro atoms. The molecule has 1 aliphatic heterocycles. The van der Waals surface area contributed by atoms with Crippen LogP contribution in [-0.4, -0.2) is 42.0 Å². The summed E-state index contributed by atoms with van der Waals surface area (Å²) in [5.74, 6) is 0.223. The van der Waals surface area contributed by atoms with Gasteiger partial charge in [-0.2, -0.15) is 0 Å². The second-order valence-corrected chi connectivity index (χ2v) is 9.39. The van der Waals surface area contributed by atoms with Crippen molar-refractivity contribution in [3.8, 4) is 0 Å². The third kappa shape index (κ3) is 4.55. The first kappa shape index (κ1) is 22.5. The van der Waals surface area contributed by atoms with Crippen molar-refractivity contribution < 1.29 is 4.79 Å². The Morgan fingerprint density at radius 1 is 0.971 bits per heavy atom. The first-order valence-corrected chi connectivity index (χ1v) is 12.4. The fourth-order valence-electron chi connectivity index (χ4n) is 5.11. The maximum atomic E-state index is 13.5. The number of amides is 1. The highest BCUT2D eigenvalue weighted by Gasteiger charge is 2.27. The van der Waals surface area contributed by atoms with Gasteiger partial charge in [0, 0.05) is 66.3 Å². The molecule has 1 fully saturated rings. The standard InChI is InChI=1S/C29H30ClN3O/c1-2-21-10-6-13-25-27(20-31-29(21)25)26(22-8-4-3-5-9-22)19-28(34)33-16-14-32(15-17-33)24-12-7-11-23(30)18-24/h3-13,18,20,26,31H,2,14-17,19H2,1H3. The summed E-state index contributed by atoms with van der Waals surface area (Å²) < 4.78 is 0. The van der Waals surface area contributed by atoms with Crippen LogP contribution >= 0.6 is 11.6 Å². The zero-order valence-corrected chi connectivity index (χ0v) is 20.3. The largest absolute Gasteiger partial charge is 0.368 e. The lowest BCUT2D eigenvalue weighted by molar-refractivity contribution is -0.131. The molecule has 0 saturated carbocycles. The number of carbonyl (C=O) groups is 1. The number of aromatic amines is 1. The quantitative estimate of drug-likeness (QED) is 0.360. The van der Waals surface area contributed by atoms with Gasteiger partial charge in [-0.3, -0.25) is 4.79 Å². The van der Waals surface area contributed by atoms with Crippen LogP contribution in [0.3, 0.4) is 0 Å². The number of para-hydroxylation sites is 1. The van der Waals surface area contributed by atoms with Crippen LogP contribution in [0.2, 0.25) is 5.02 Å². The van der Waals surface area contributed by atoms with Crippen LogP contribution in [0.1, 0.15) is 36.0 Å². The molecule has 1 aromatic heterocycles. The molecule has 5 rings (SSSR count). The third-order valence-corrected chi connectivity index (χ3v) is 7.21. The van der Waals surface area contributed by atoms with Gasteiger partial charge in [0.1, 0.15) is 0 Å². The second-order valence-electron chi connectivity index (χ2n) is 8.95. The van der Waals surface area contributed by atoms with Crippen molar-refractivity contribution in [2.24, 2.45) is 0 Å². The second kappa shape index (κ2) is 9.94. The summed E-state index contributed by atoms with van der Waals surface area (Å²) >= 11 is 6.17. The van der Waals surface area contributed by atoms with Crippen LogP contribution in [-0.2, 0) is 11.2 Å². The van der Waals surface area contributed by atoms with E-state index in [0.717, 1.165) is 43.3 Å². The average Bonchev–Trinajstić information content (AvgIpc) is 3.32. The molecule has 174 valence electrons.